The maximum atomic E-state index is 5.87. The Morgan fingerprint density at radius 3 is 3.29 bits per heavy atom. The van der Waals surface area contributed by atoms with Crippen molar-refractivity contribution in [1.82, 2.24) is 5.32 Å². The normalized spacial score (nSPS) is 37.6. The first-order chi connectivity index (χ1) is 6.85. The van der Waals surface area contributed by atoms with Gasteiger partial charge in [0.2, 0.25) is 0 Å². The molecule has 0 aromatic heterocycles. The third-order valence-corrected chi connectivity index (χ3v) is 3.06. The molecule has 14 heavy (non-hydrogen) atoms. The van der Waals surface area contributed by atoms with E-state index in [2.05, 4.69) is 11.9 Å². The van der Waals surface area contributed by atoms with E-state index in [1.54, 1.807) is 6.08 Å². The predicted octanol–water partition coefficient (Wildman–Crippen LogP) is 1.10. The minimum Gasteiger partial charge on any atom is -0.372 e. The number of rotatable bonds is 3. The SMILES string of the molecule is C=CCO[C@@H]1CO[C@@]2(CCCNC2)C1. The summed E-state index contributed by atoms with van der Waals surface area (Å²) in [7, 11) is 0. The molecule has 0 amide bonds. The summed E-state index contributed by atoms with van der Waals surface area (Å²) >= 11 is 0. The highest BCUT2D eigenvalue weighted by Crippen LogP contribution is 2.33. The molecular formula is C11H19NO2. The van der Waals surface area contributed by atoms with Crippen LogP contribution in [0.4, 0.5) is 0 Å². The Hall–Kier alpha value is -0.380. The fourth-order valence-electron chi connectivity index (χ4n) is 2.35. The fourth-order valence-corrected chi connectivity index (χ4v) is 2.35. The van der Waals surface area contributed by atoms with Crippen LogP contribution in [0.2, 0.25) is 0 Å². The van der Waals surface area contributed by atoms with Crippen molar-refractivity contribution in [2.75, 3.05) is 26.3 Å². The van der Waals surface area contributed by atoms with E-state index >= 15 is 0 Å². The zero-order valence-electron chi connectivity index (χ0n) is 8.63. The highest BCUT2D eigenvalue weighted by Gasteiger charge is 2.41. The van der Waals surface area contributed by atoms with Gasteiger partial charge in [0.25, 0.3) is 0 Å². The van der Waals surface area contributed by atoms with Crippen molar-refractivity contribution in [3.05, 3.63) is 12.7 Å². The maximum Gasteiger partial charge on any atom is 0.0841 e. The first kappa shape index (κ1) is 10.1. The van der Waals surface area contributed by atoms with Crippen LogP contribution in [0.15, 0.2) is 12.7 Å². The van der Waals surface area contributed by atoms with Gasteiger partial charge in [0.05, 0.1) is 24.9 Å². The second-order valence-electron chi connectivity index (χ2n) is 4.22. The van der Waals surface area contributed by atoms with Crippen molar-refractivity contribution in [3.63, 3.8) is 0 Å². The van der Waals surface area contributed by atoms with Crippen LogP contribution in [-0.2, 0) is 9.47 Å². The first-order valence-corrected chi connectivity index (χ1v) is 5.42. The number of ether oxygens (including phenoxy) is 2. The molecule has 2 rings (SSSR count). The van der Waals surface area contributed by atoms with Gasteiger partial charge in [-0.05, 0) is 19.4 Å². The molecule has 0 aromatic rings. The molecular weight excluding hydrogens is 178 g/mol. The fraction of sp³-hybridized carbons (Fsp3) is 0.818. The van der Waals surface area contributed by atoms with Crippen molar-refractivity contribution in [2.24, 2.45) is 0 Å². The van der Waals surface area contributed by atoms with Gasteiger partial charge in [-0.3, -0.25) is 0 Å². The lowest BCUT2D eigenvalue weighted by Crippen LogP contribution is -2.45. The number of nitrogens with one attached hydrogen (secondary N) is 1. The largest absolute Gasteiger partial charge is 0.372 e. The van der Waals surface area contributed by atoms with E-state index in [0.29, 0.717) is 6.61 Å². The molecule has 1 spiro atoms. The van der Waals surface area contributed by atoms with Crippen LogP contribution in [0, 0.1) is 0 Å². The van der Waals surface area contributed by atoms with Gasteiger partial charge in [-0.2, -0.15) is 0 Å². The second-order valence-corrected chi connectivity index (χ2v) is 4.22. The summed E-state index contributed by atoms with van der Waals surface area (Å²) in [6.07, 6.45) is 5.49. The van der Waals surface area contributed by atoms with Crippen molar-refractivity contribution in [1.29, 1.82) is 0 Å². The summed E-state index contributed by atoms with van der Waals surface area (Å²) in [6.45, 7) is 7.14. The molecule has 2 fully saturated rings. The quantitative estimate of drug-likeness (QED) is 0.687. The minimum atomic E-state index is 0.0735. The summed E-state index contributed by atoms with van der Waals surface area (Å²) in [5, 5.41) is 3.39. The van der Waals surface area contributed by atoms with E-state index in [-0.39, 0.29) is 11.7 Å². The van der Waals surface area contributed by atoms with Gasteiger partial charge in [0.1, 0.15) is 0 Å². The van der Waals surface area contributed by atoms with Crippen molar-refractivity contribution >= 4 is 0 Å². The predicted molar refractivity (Wildman–Crippen MR) is 55.3 cm³/mol. The molecule has 0 radical (unpaired) electrons. The third kappa shape index (κ3) is 2.16. The average molecular weight is 197 g/mol. The standard InChI is InChI=1S/C11H19NO2/c1-2-6-13-10-7-11(14-8-10)4-3-5-12-9-11/h2,10,12H,1,3-9H2/t10-,11-/m0/s1. The van der Waals surface area contributed by atoms with Crippen molar-refractivity contribution < 1.29 is 9.47 Å². The summed E-state index contributed by atoms with van der Waals surface area (Å²) in [5.74, 6) is 0. The van der Waals surface area contributed by atoms with Crippen molar-refractivity contribution in [3.8, 4) is 0 Å². The Kier molecular flexibility index (Phi) is 3.21. The van der Waals surface area contributed by atoms with Gasteiger partial charge in [-0.1, -0.05) is 6.08 Å². The Morgan fingerprint density at radius 1 is 1.64 bits per heavy atom. The lowest BCUT2D eigenvalue weighted by molar-refractivity contribution is -0.0176. The summed E-state index contributed by atoms with van der Waals surface area (Å²) < 4.78 is 11.5. The van der Waals surface area contributed by atoms with Crippen LogP contribution in [0.3, 0.4) is 0 Å². The van der Waals surface area contributed by atoms with Crippen LogP contribution in [0.25, 0.3) is 0 Å². The molecule has 0 saturated carbocycles. The molecule has 3 heteroatoms. The van der Waals surface area contributed by atoms with Gasteiger partial charge in [0.15, 0.2) is 0 Å². The van der Waals surface area contributed by atoms with Gasteiger partial charge in [-0.15, -0.1) is 6.58 Å². The molecule has 2 aliphatic heterocycles. The topological polar surface area (TPSA) is 30.5 Å². The van der Waals surface area contributed by atoms with Crippen LogP contribution in [0.5, 0.6) is 0 Å². The number of piperidine rings is 1. The Morgan fingerprint density at radius 2 is 2.57 bits per heavy atom. The zero-order chi connectivity index (χ0) is 9.86. The first-order valence-electron chi connectivity index (χ1n) is 5.42. The molecule has 2 atom stereocenters. The molecule has 0 bridgehead atoms. The summed E-state index contributed by atoms with van der Waals surface area (Å²) in [5.41, 5.74) is 0.0735. The van der Waals surface area contributed by atoms with Crippen LogP contribution in [0.1, 0.15) is 19.3 Å². The molecule has 1 N–H and O–H groups in total. The Bertz CT molecular complexity index is 199. The van der Waals surface area contributed by atoms with E-state index in [0.717, 1.165) is 26.1 Å². The van der Waals surface area contributed by atoms with Gasteiger partial charge in [-0.25, -0.2) is 0 Å². The molecule has 2 heterocycles. The van der Waals surface area contributed by atoms with E-state index in [4.69, 9.17) is 9.47 Å². The summed E-state index contributed by atoms with van der Waals surface area (Å²) in [4.78, 5) is 0. The molecule has 3 nitrogen and oxygen atoms in total. The monoisotopic (exact) mass is 197 g/mol. The lowest BCUT2D eigenvalue weighted by Gasteiger charge is -2.32. The lowest BCUT2D eigenvalue weighted by atomic mass is 9.90. The van der Waals surface area contributed by atoms with Gasteiger partial charge >= 0.3 is 0 Å². The molecule has 0 unspecified atom stereocenters. The Labute approximate surface area is 85.5 Å². The molecule has 2 aliphatic rings. The van der Waals surface area contributed by atoms with E-state index < -0.39 is 0 Å². The average Bonchev–Trinajstić information content (AvgIpc) is 2.60. The van der Waals surface area contributed by atoms with E-state index in [9.17, 15) is 0 Å². The van der Waals surface area contributed by atoms with Gasteiger partial charge < -0.3 is 14.8 Å². The van der Waals surface area contributed by atoms with Gasteiger partial charge in [0, 0.05) is 13.0 Å². The molecule has 0 aliphatic carbocycles. The highest BCUT2D eigenvalue weighted by atomic mass is 16.6. The molecule has 0 aromatic carbocycles. The highest BCUT2D eigenvalue weighted by molar-refractivity contribution is 4.94. The number of hydrogen-bond acceptors (Lipinski definition) is 3. The van der Waals surface area contributed by atoms with Crippen LogP contribution in [-0.4, -0.2) is 38.0 Å². The maximum absolute atomic E-state index is 5.87. The molecule has 80 valence electrons. The van der Waals surface area contributed by atoms with Crippen LogP contribution < -0.4 is 5.32 Å². The Balaban J connectivity index is 1.82. The van der Waals surface area contributed by atoms with E-state index in [1.807, 2.05) is 0 Å². The molecule has 2 saturated heterocycles. The van der Waals surface area contributed by atoms with E-state index in [1.165, 1.54) is 12.8 Å². The second kappa shape index (κ2) is 4.43. The number of hydrogen-bond donors (Lipinski definition) is 1. The zero-order valence-corrected chi connectivity index (χ0v) is 8.63. The van der Waals surface area contributed by atoms with Crippen molar-refractivity contribution in [2.45, 2.75) is 31.0 Å². The minimum absolute atomic E-state index is 0.0735. The van der Waals surface area contributed by atoms with Crippen LogP contribution >= 0.6 is 0 Å². The summed E-state index contributed by atoms with van der Waals surface area (Å²) in [6, 6.07) is 0. The third-order valence-electron chi connectivity index (χ3n) is 3.06. The smallest absolute Gasteiger partial charge is 0.0841 e.